The van der Waals surface area contributed by atoms with Gasteiger partial charge in [0.15, 0.2) is 0 Å². The molecule has 0 aromatic rings. The van der Waals surface area contributed by atoms with Gasteiger partial charge in [0, 0.05) is 26.7 Å². The number of nitrogens with zero attached hydrogens (tertiary/aromatic N) is 1. The van der Waals surface area contributed by atoms with Crippen molar-refractivity contribution in [3.05, 3.63) is 0 Å². The first kappa shape index (κ1) is 12.4. The molecular weight excluding hydrogens is 196 g/mol. The zero-order valence-electron chi connectivity index (χ0n) is 9.40. The molecule has 1 aliphatic heterocycles. The van der Waals surface area contributed by atoms with Gasteiger partial charge in [0.1, 0.15) is 0 Å². The first-order valence-corrected chi connectivity index (χ1v) is 5.21. The van der Waals surface area contributed by atoms with Gasteiger partial charge in [-0.1, -0.05) is 0 Å². The summed E-state index contributed by atoms with van der Waals surface area (Å²) in [5, 5.41) is 9.71. The average Bonchev–Trinajstić information content (AvgIpc) is 2.55. The van der Waals surface area contributed by atoms with E-state index in [1.807, 2.05) is 0 Å². The predicted molar refractivity (Wildman–Crippen MR) is 56.3 cm³/mol. The lowest BCUT2D eigenvalue weighted by molar-refractivity contribution is -0.133. The smallest absolute Gasteiger partial charge is 0.225 e. The molecular formula is C10H20N2O3. The summed E-state index contributed by atoms with van der Waals surface area (Å²) in [5.74, 6) is 0.00470. The molecule has 1 aliphatic rings. The molecule has 88 valence electrons. The number of nitrogens with two attached hydrogens (primary N) is 1. The maximum Gasteiger partial charge on any atom is 0.225 e. The van der Waals surface area contributed by atoms with Crippen molar-refractivity contribution in [2.75, 3.05) is 26.7 Å². The van der Waals surface area contributed by atoms with Crippen LogP contribution in [0.3, 0.4) is 0 Å². The number of carbonyl (C=O) groups excluding carboxylic acids is 1. The SMILES string of the molecule is COC(CN)CC(=O)N1CCC(C)(O)C1. The van der Waals surface area contributed by atoms with E-state index in [2.05, 4.69) is 0 Å². The number of carbonyl (C=O) groups is 1. The highest BCUT2D eigenvalue weighted by molar-refractivity contribution is 5.77. The van der Waals surface area contributed by atoms with Gasteiger partial charge in [-0.15, -0.1) is 0 Å². The molecule has 15 heavy (non-hydrogen) atoms. The van der Waals surface area contributed by atoms with Gasteiger partial charge >= 0.3 is 0 Å². The average molecular weight is 216 g/mol. The van der Waals surface area contributed by atoms with Crippen LogP contribution in [0.2, 0.25) is 0 Å². The van der Waals surface area contributed by atoms with Gasteiger partial charge in [-0.3, -0.25) is 4.79 Å². The zero-order chi connectivity index (χ0) is 11.5. The van der Waals surface area contributed by atoms with E-state index in [0.29, 0.717) is 32.5 Å². The summed E-state index contributed by atoms with van der Waals surface area (Å²) in [5.41, 5.74) is 4.70. The van der Waals surface area contributed by atoms with E-state index in [1.165, 1.54) is 0 Å². The number of hydrogen-bond acceptors (Lipinski definition) is 4. The van der Waals surface area contributed by atoms with Gasteiger partial charge in [0.2, 0.25) is 5.91 Å². The third kappa shape index (κ3) is 3.44. The van der Waals surface area contributed by atoms with Gasteiger partial charge in [0.25, 0.3) is 0 Å². The number of hydrogen-bond donors (Lipinski definition) is 2. The summed E-state index contributed by atoms with van der Waals surface area (Å²) in [4.78, 5) is 13.4. The lowest BCUT2D eigenvalue weighted by Gasteiger charge is -2.21. The zero-order valence-corrected chi connectivity index (χ0v) is 9.40. The number of β-amino-alcohol motifs (C(OH)–C–C–N with tert-alkyl or cyclic N) is 1. The van der Waals surface area contributed by atoms with Gasteiger partial charge in [-0.25, -0.2) is 0 Å². The lowest BCUT2D eigenvalue weighted by Crippen LogP contribution is -2.37. The third-order valence-corrected chi connectivity index (χ3v) is 2.80. The first-order valence-electron chi connectivity index (χ1n) is 5.21. The van der Waals surface area contributed by atoms with Crippen molar-refractivity contribution < 1.29 is 14.6 Å². The summed E-state index contributed by atoms with van der Waals surface area (Å²) < 4.78 is 5.05. The number of ether oxygens (including phenoxy) is 1. The van der Waals surface area contributed by atoms with Crippen LogP contribution >= 0.6 is 0 Å². The molecule has 0 radical (unpaired) electrons. The second-order valence-corrected chi connectivity index (χ2v) is 4.36. The van der Waals surface area contributed by atoms with Crippen molar-refractivity contribution in [2.45, 2.75) is 31.5 Å². The quantitative estimate of drug-likeness (QED) is 0.653. The van der Waals surface area contributed by atoms with E-state index in [0.717, 1.165) is 0 Å². The second-order valence-electron chi connectivity index (χ2n) is 4.36. The third-order valence-electron chi connectivity index (χ3n) is 2.80. The van der Waals surface area contributed by atoms with Crippen LogP contribution in [0, 0.1) is 0 Å². The van der Waals surface area contributed by atoms with Crippen LogP contribution in [0.1, 0.15) is 19.8 Å². The Balaban J connectivity index is 2.42. The van der Waals surface area contributed by atoms with E-state index >= 15 is 0 Å². The molecule has 5 heteroatoms. The van der Waals surface area contributed by atoms with Crippen molar-refractivity contribution in [1.29, 1.82) is 0 Å². The summed E-state index contributed by atoms with van der Waals surface area (Å²) in [6.45, 7) is 3.11. The molecule has 3 N–H and O–H groups in total. The lowest BCUT2D eigenvalue weighted by atomic mass is 10.1. The molecule has 1 heterocycles. The van der Waals surface area contributed by atoms with Crippen LogP contribution in [0.15, 0.2) is 0 Å². The molecule has 2 unspecified atom stereocenters. The van der Waals surface area contributed by atoms with E-state index in [4.69, 9.17) is 10.5 Å². The molecule has 0 aromatic carbocycles. The van der Waals surface area contributed by atoms with Crippen LogP contribution < -0.4 is 5.73 Å². The summed E-state index contributed by atoms with van der Waals surface area (Å²) in [7, 11) is 1.55. The molecule has 0 aromatic heterocycles. The molecule has 2 atom stereocenters. The van der Waals surface area contributed by atoms with Gasteiger partial charge in [-0.2, -0.15) is 0 Å². The molecule has 1 amide bonds. The topological polar surface area (TPSA) is 75.8 Å². The van der Waals surface area contributed by atoms with Crippen LogP contribution in [0.4, 0.5) is 0 Å². The molecule has 1 rings (SSSR count). The van der Waals surface area contributed by atoms with Crippen LogP contribution in [0.5, 0.6) is 0 Å². The standard InChI is InChI=1S/C10H20N2O3/c1-10(14)3-4-12(7-10)9(13)5-8(6-11)15-2/h8,14H,3-7,11H2,1-2H3. The van der Waals surface area contributed by atoms with Crippen LogP contribution in [-0.4, -0.2) is 54.4 Å². The minimum Gasteiger partial charge on any atom is -0.388 e. The molecule has 0 spiro atoms. The van der Waals surface area contributed by atoms with Crippen molar-refractivity contribution in [3.63, 3.8) is 0 Å². The number of amides is 1. The summed E-state index contributed by atoms with van der Waals surface area (Å²) >= 11 is 0. The summed E-state index contributed by atoms with van der Waals surface area (Å²) in [6.07, 6.45) is 0.713. The summed E-state index contributed by atoms with van der Waals surface area (Å²) in [6, 6.07) is 0. The van der Waals surface area contributed by atoms with E-state index in [-0.39, 0.29) is 12.0 Å². The Labute approximate surface area is 90.2 Å². The Morgan fingerprint density at radius 2 is 2.40 bits per heavy atom. The van der Waals surface area contributed by atoms with Crippen molar-refractivity contribution in [2.24, 2.45) is 5.73 Å². The Hall–Kier alpha value is -0.650. The Morgan fingerprint density at radius 3 is 2.80 bits per heavy atom. The molecule has 0 saturated carbocycles. The van der Waals surface area contributed by atoms with E-state index in [9.17, 15) is 9.90 Å². The number of likely N-dealkylation sites (tertiary alicyclic amines) is 1. The van der Waals surface area contributed by atoms with Gasteiger partial charge in [0.05, 0.1) is 18.1 Å². The normalized spacial score (nSPS) is 28.1. The van der Waals surface area contributed by atoms with Gasteiger partial charge in [-0.05, 0) is 13.3 Å². The fourth-order valence-electron chi connectivity index (χ4n) is 1.74. The predicted octanol–water partition coefficient (Wildman–Crippen LogP) is -0.666. The van der Waals surface area contributed by atoms with E-state index < -0.39 is 5.60 Å². The van der Waals surface area contributed by atoms with Crippen molar-refractivity contribution in [1.82, 2.24) is 4.90 Å². The molecule has 0 bridgehead atoms. The minimum atomic E-state index is -0.735. The molecule has 1 saturated heterocycles. The van der Waals surface area contributed by atoms with Crippen LogP contribution in [0.25, 0.3) is 0 Å². The maximum atomic E-state index is 11.7. The monoisotopic (exact) mass is 216 g/mol. The fraction of sp³-hybridized carbons (Fsp3) is 0.900. The molecule has 0 aliphatic carbocycles. The number of rotatable bonds is 4. The maximum absolute atomic E-state index is 11.7. The van der Waals surface area contributed by atoms with Crippen molar-refractivity contribution >= 4 is 5.91 Å². The number of aliphatic hydroxyl groups is 1. The Kier molecular flexibility index (Phi) is 4.07. The minimum absolute atomic E-state index is 0.00470. The number of methoxy groups -OCH3 is 1. The fourth-order valence-corrected chi connectivity index (χ4v) is 1.74. The first-order chi connectivity index (χ1) is 6.98. The Morgan fingerprint density at radius 1 is 1.73 bits per heavy atom. The highest BCUT2D eigenvalue weighted by Crippen LogP contribution is 2.21. The Bertz CT molecular complexity index is 227. The molecule has 1 fully saturated rings. The van der Waals surface area contributed by atoms with Gasteiger partial charge < -0.3 is 20.5 Å². The van der Waals surface area contributed by atoms with Crippen LogP contribution in [-0.2, 0) is 9.53 Å². The largest absolute Gasteiger partial charge is 0.388 e. The van der Waals surface area contributed by atoms with E-state index in [1.54, 1.807) is 18.9 Å². The van der Waals surface area contributed by atoms with Crippen molar-refractivity contribution in [3.8, 4) is 0 Å². The molecule has 5 nitrogen and oxygen atoms in total. The second kappa shape index (κ2) is 4.92. The highest BCUT2D eigenvalue weighted by atomic mass is 16.5. The highest BCUT2D eigenvalue weighted by Gasteiger charge is 2.34.